The number of phenolic OH excluding ortho intramolecular Hbond substituents is 1. The average Bonchev–Trinajstić information content (AvgIpc) is 2.63. The Kier molecular flexibility index (Phi) is 5.51. The molecule has 1 aliphatic rings. The molecule has 2 aromatic rings. The molecule has 0 saturated carbocycles. The zero-order chi connectivity index (χ0) is 17.6. The van der Waals surface area contributed by atoms with Crippen LogP contribution in [0.25, 0.3) is 6.08 Å². The minimum absolute atomic E-state index is 0.0678. The van der Waals surface area contributed by atoms with Crippen molar-refractivity contribution in [2.45, 2.75) is 6.92 Å². The maximum absolute atomic E-state index is 12.6. The third-order valence-electron chi connectivity index (χ3n) is 4.52. The molecule has 0 aliphatic carbocycles. The molecule has 4 nitrogen and oxygen atoms in total. The van der Waals surface area contributed by atoms with Crippen LogP contribution >= 0.6 is 0 Å². The van der Waals surface area contributed by atoms with Crippen molar-refractivity contribution in [2.24, 2.45) is 0 Å². The summed E-state index contributed by atoms with van der Waals surface area (Å²) in [6.45, 7) is 5.84. The maximum Gasteiger partial charge on any atom is 0.257 e. The van der Waals surface area contributed by atoms with Crippen molar-refractivity contribution in [3.63, 3.8) is 0 Å². The Morgan fingerprint density at radius 1 is 1.08 bits per heavy atom. The van der Waals surface area contributed by atoms with E-state index in [9.17, 15) is 9.90 Å². The first-order chi connectivity index (χ1) is 12.1. The number of piperazine rings is 1. The zero-order valence-electron chi connectivity index (χ0n) is 14.6. The van der Waals surface area contributed by atoms with Gasteiger partial charge in [-0.2, -0.15) is 0 Å². The molecule has 130 valence electrons. The van der Waals surface area contributed by atoms with Crippen LogP contribution in [0.2, 0.25) is 0 Å². The highest BCUT2D eigenvalue weighted by atomic mass is 16.3. The Bertz CT molecular complexity index is 748. The molecule has 1 heterocycles. The van der Waals surface area contributed by atoms with E-state index in [0.29, 0.717) is 18.7 Å². The molecule has 0 spiro atoms. The lowest BCUT2D eigenvalue weighted by molar-refractivity contribution is 0.0647. The summed E-state index contributed by atoms with van der Waals surface area (Å²) in [6, 6.07) is 15.5. The Hall–Kier alpha value is -2.59. The number of phenols is 1. The molecular formula is C21H24N2O2. The van der Waals surface area contributed by atoms with E-state index in [0.717, 1.165) is 25.2 Å². The number of nitrogens with zero attached hydrogens (tertiary/aromatic N) is 2. The maximum atomic E-state index is 12.6. The van der Waals surface area contributed by atoms with Crippen molar-refractivity contribution >= 4 is 12.0 Å². The molecule has 1 aliphatic heterocycles. The normalized spacial score (nSPS) is 15.6. The molecule has 0 bridgehead atoms. The van der Waals surface area contributed by atoms with Crippen LogP contribution in [0.4, 0.5) is 0 Å². The molecule has 25 heavy (non-hydrogen) atoms. The van der Waals surface area contributed by atoms with Gasteiger partial charge in [0, 0.05) is 32.7 Å². The van der Waals surface area contributed by atoms with E-state index in [1.807, 2.05) is 36.1 Å². The van der Waals surface area contributed by atoms with Crippen LogP contribution in [0.15, 0.2) is 54.6 Å². The summed E-state index contributed by atoms with van der Waals surface area (Å²) < 4.78 is 0. The van der Waals surface area contributed by atoms with Gasteiger partial charge in [0.05, 0.1) is 5.56 Å². The second kappa shape index (κ2) is 7.99. The minimum atomic E-state index is -0.0861. The van der Waals surface area contributed by atoms with Crippen molar-refractivity contribution in [3.05, 3.63) is 71.3 Å². The molecule has 1 fully saturated rings. The third kappa shape index (κ3) is 4.48. The standard InChI is InChI=1S/C21H24N2O2/c1-17-9-10-19(20(24)16-17)21(25)23-14-12-22(13-15-23)11-5-8-18-6-3-2-4-7-18/h2-10,16,24H,11-15H2,1H3/b8-5+. The van der Waals surface area contributed by atoms with E-state index < -0.39 is 0 Å². The highest BCUT2D eigenvalue weighted by molar-refractivity contribution is 5.97. The topological polar surface area (TPSA) is 43.8 Å². The lowest BCUT2D eigenvalue weighted by Crippen LogP contribution is -2.48. The molecule has 0 aromatic heterocycles. The van der Waals surface area contributed by atoms with Gasteiger partial charge in [0.1, 0.15) is 5.75 Å². The van der Waals surface area contributed by atoms with E-state index in [1.54, 1.807) is 12.1 Å². The monoisotopic (exact) mass is 336 g/mol. The van der Waals surface area contributed by atoms with Gasteiger partial charge in [-0.3, -0.25) is 9.69 Å². The fourth-order valence-corrected chi connectivity index (χ4v) is 3.03. The number of carbonyl (C=O) groups is 1. The smallest absolute Gasteiger partial charge is 0.257 e. The van der Waals surface area contributed by atoms with E-state index >= 15 is 0 Å². The number of aryl methyl sites for hydroxylation is 1. The van der Waals surface area contributed by atoms with Gasteiger partial charge < -0.3 is 10.0 Å². The van der Waals surface area contributed by atoms with Crippen LogP contribution in [0, 0.1) is 6.92 Å². The molecule has 3 rings (SSSR count). The first-order valence-corrected chi connectivity index (χ1v) is 8.66. The predicted molar refractivity (Wildman–Crippen MR) is 101 cm³/mol. The molecule has 1 N–H and O–H groups in total. The molecule has 2 aromatic carbocycles. The van der Waals surface area contributed by atoms with Crippen LogP contribution in [0.1, 0.15) is 21.5 Å². The number of hydrogen-bond acceptors (Lipinski definition) is 3. The summed E-state index contributed by atoms with van der Waals surface area (Å²) in [5.41, 5.74) is 2.54. The largest absolute Gasteiger partial charge is 0.507 e. The SMILES string of the molecule is Cc1ccc(C(=O)N2CCN(C/C=C/c3ccccc3)CC2)c(O)c1. The summed E-state index contributed by atoms with van der Waals surface area (Å²) in [5, 5.41) is 10.0. The lowest BCUT2D eigenvalue weighted by Gasteiger charge is -2.34. The average molecular weight is 336 g/mol. The molecule has 1 saturated heterocycles. The van der Waals surface area contributed by atoms with Crippen molar-refractivity contribution in [1.29, 1.82) is 0 Å². The number of rotatable bonds is 4. The third-order valence-corrected chi connectivity index (χ3v) is 4.52. The van der Waals surface area contributed by atoms with Gasteiger partial charge in [0.15, 0.2) is 0 Å². The number of hydrogen-bond donors (Lipinski definition) is 1. The number of amides is 1. The van der Waals surface area contributed by atoms with Crippen molar-refractivity contribution in [3.8, 4) is 5.75 Å². The fourth-order valence-electron chi connectivity index (χ4n) is 3.03. The van der Waals surface area contributed by atoms with Gasteiger partial charge in [-0.05, 0) is 30.2 Å². The summed E-state index contributed by atoms with van der Waals surface area (Å²) in [7, 11) is 0. The first kappa shape index (κ1) is 17.2. The Balaban J connectivity index is 1.51. The number of carbonyl (C=O) groups excluding carboxylic acids is 1. The molecule has 0 radical (unpaired) electrons. The highest BCUT2D eigenvalue weighted by Gasteiger charge is 2.23. The quantitative estimate of drug-likeness (QED) is 0.933. The molecule has 1 amide bonds. The Labute approximate surface area is 149 Å². The van der Waals surface area contributed by atoms with Gasteiger partial charge in [0.25, 0.3) is 5.91 Å². The van der Waals surface area contributed by atoms with Crippen molar-refractivity contribution in [2.75, 3.05) is 32.7 Å². The summed E-state index contributed by atoms with van der Waals surface area (Å²) in [6.07, 6.45) is 4.29. The summed E-state index contributed by atoms with van der Waals surface area (Å²) >= 11 is 0. The Morgan fingerprint density at radius 3 is 2.48 bits per heavy atom. The second-order valence-corrected chi connectivity index (χ2v) is 6.43. The zero-order valence-corrected chi connectivity index (χ0v) is 14.6. The van der Waals surface area contributed by atoms with Gasteiger partial charge in [-0.15, -0.1) is 0 Å². The van der Waals surface area contributed by atoms with Crippen LogP contribution in [-0.2, 0) is 0 Å². The van der Waals surface area contributed by atoms with Gasteiger partial charge in [0.2, 0.25) is 0 Å². The van der Waals surface area contributed by atoms with Crippen LogP contribution < -0.4 is 0 Å². The van der Waals surface area contributed by atoms with Gasteiger partial charge in [-0.25, -0.2) is 0 Å². The van der Waals surface area contributed by atoms with Crippen LogP contribution in [-0.4, -0.2) is 53.5 Å². The van der Waals surface area contributed by atoms with Crippen LogP contribution in [0.5, 0.6) is 5.75 Å². The van der Waals surface area contributed by atoms with E-state index in [1.165, 1.54) is 5.56 Å². The lowest BCUT2D eigenvalue weighted by atomic mass is 10.1. The van der Waals surface area contributed by atoms with E-state index in [-0.39, 0.29) is 11.7 Å². The summed E-state index contributed by atoms with van der Waals surface area (Å²) in [4.78, 5) is 16.7. The van der Waals surface area contributed by atoms with E-state index in [2.05, 4.69) is 29.2 Å². The minimum Gasteiger partial charge on any atom is -0.507 e. The fraction of sp³-hybridized carbons (Fsp3) is 0.286. The second-order valence-electron chi connectivity index (χ2n) is 6.43. The number of benzene rings is 2. The highest BCUT2D eigenvalue weighted by Crippen LogP contribution is 2.21. The van der Waals surface area contributed by atoms with Crippen LogP contribution in [0.3, 0.4) is 0 Å². The van der Waals surface area contributed by atoms with Gasteiger partial charge >= 0.3 is 0 Å². The number of aromatic hydroxyl groups is 1. The van der Waals surface area contributed by atoms with Crippen molar-refractivity contribution < 1.29 is 9.90 Å². The Morgan fingerprint density at radius 2 is 1.80 bits per heavy atom. The van der Waals surface area contributed by atoms with E-state index in [4.69, 9.17) is 0 Å². The van der Waals surface area contributed by atoms with Crippen molar-refractivity contribution in [1.82, 2.24) is 9.80 Å². The first-order valence-electron chi connectivity index (χ1n) is 8.66. The van der Waals surface area contributed by atoms with Gasteiger partial charge in [-0.1, -0.05) is 48.6 Å². The molecule has 0 unspecified atom stereocenters. The molecular weight excluding hydrogens is 312 g/mol. The molecule has 4 heteroatoms. The summed E-state index contributed by atoms with van der Waals surface area (Å²) in [5.74, 6) is -0.0183. The molecule has 0 atom stereocenters. The predicted octanol–water partition coefficient (Wildman–Crippen LogP) is 3.17.